The Labute approximate surface area is 124 Å². The zero-order chi connectivity index (χ0) is 13.9. The van der Waals surface area contributed by atoms with Crippen LogP contribution in [0.4, 0.5) is 5.82 Å². The topological polar surface area (TPSA) is 52.0 Å². The van der Waals surface area contributed by atoms with Crippen molar-refractivity contribution in [3.8, 4) is 11.1 Å². The maximum absolute atomic E-state index is 6.07. The standard InChI is InChI=1S/C16H19ClN2O/c17-13-8-4-7-12(10-13)15-14(20-19-16(15)18)9-11-5-2-1-3-6-11/h4,7-8,10-11H,1-3,5-6,9H2,(H2,18,19). The molecule has 0 amide bonds. The van der Waals surface area contributed by atoms with Crippen molar-refractivity contribution in [2.24, 2.45) is 5.92 Å². The van der Waals surface area contributed by atoms with Gasteiger partial charge in [0, 0.05) is 11.4 Å². The zero-order valence-electron chi connectivity index (χ0n) is 11.4. The molecule has 0 radical (unpaired) electrons. The minimum atomic E-state index is 0.457. The molecule has 3 nitrogen and oxygen atoms in total. The lowest BCUT2D eigenvalue weighted by Crippen LogP contribution is -2.09. The van der Waals surface area contributed by atoms with Crippen LogP contribution in [0.2, 0.25) is 5.02 Å². The van der Waals surface area contributed by atoms with Gasteiger partial charge < -0.3 is 10.3 Å². The molecule has 1 aromatic carbocycles. The van der Waals surface area contributed by atoms with Crippen molar-refractivity contribution in [2.45, 2.75) is 38.5 Å². The van der Waals surface area contributed by atoms with E-state index in [1.54, 1.807) is 0 Å². The summed E-state index contributed by atoms with van der Waals surface area (Å²) in [5, 5.41) is 4.65. The summed E-state index contributed by atoms with van der Waals surface area (Å²) in [5.41, 5.74) is 7.88. The molecule has 1 heterocycles. The molecular weight excluding hydrogens is 272 g/mol. The first-order chi connectivity index (χ1) is 9.74. The highest BCUT2D eigenvalue weighted by atomic mass is 35.5. The molecule has 2 aromatic rings. The number of nitrogens with zero attached hydrogens (tertiary/aromatic N) is 1. The summed E-state index contributed by atoms with van der Waals surface area (Å²) >= 11 is 6.07. The van der Waals surface area contributed by atoms with Crippen LogP contribution in [0.3, 0.4) is 0 Å². The Morgan fingerprint density at radius 1 is 1.25 bits per heavy atom. The van der Waals surface area contributed by atoms with E-state index in [2.05, 4.69) is 5.16 Å². The fraction of sp³-hybridized carbons (Fsp3) is 0.438. The van der Waals surface area contributed by atoms with Crippen molar-refractivity contribution in [3.63, 3.8) is 0 Å². The molecule has 1 saturated carbocycles. The van der Waals surface area contributed by atoms with Gasteiger partial charge in [-0.2, -0.15) is 0 Å². The van der Waals surface area contributed by atoms with Crippen LogP contribution in [0.1, 0.15) is 37.9 Å². The average molecular weight is 291 g/mol. The highest BCUT2D eigenvalue weighted by molar-refractivity contribution is 6.30. The van der Waals surface area contributed by atoms with Crippen molar-refractivity contribution in [3.05, 3.63) is 35.0 Å². The number of anilines is 1. The van der Waals surface area contributed by atoms with Gasteiger partial charge in [-0.25, -0.2) is 0 Å². The van der Waals surface area contributed by atoms with Gasteiger partial charge in [-0.1, -0.05) is 61.0 Å². The van der Waals surface area contributed by atoms with E-state index in [-0.39, 0.29) is 0 Å². The van der Waals surface area contributed by atoms with Gasteiger partial charge in [-0.05, 0) is 23.6 Å². The van der Waals surface area contributed by atoms with E-state index in [1.165, 1.54) is 32.1 Å². The summed E-state index contributed by atoms with van der Waals surface area (Å²) in [6.45, 7) is 0. The monoisotopic (exact) mass is 290 g/mol. The third-order valence-corrected chi connectivity index (χ3v) is 4.34. The molecule has 0 unspecified atom stereocenters. The Morgan fingerprint density at radius 2 is 2.05 bits per heavy atom. The Bertz CT molecular complexity index is 588. The number of aromatic nitrogens is 1. The van der Waals surface area contributed by atoms with E-state index in [0.29, 0.717) is 16.8 Å². The van der Waals surface area contributed by atoms with Gasteiger partial charge in [0.05, 0.1) is 5.56 Å². The lowest BCUT2D eigenvalue weighted by molar-refractivity contribution is 0.311. The number of nitrogens with two attached hydrogens (primary N) is 1. The third-order valence-electron chi connectivity index (χ3n) is 4.10. The van der Waals surface area contributed by atoms with Crippen molar-refractivity contribution < 1.29 is 4.52 Å². The highest BCUT2D eigenvalue weighted by Crippen LogP contribution is 2.35. The Balaban J connectivity index is 1.89. The van der Waals surface area contributed by atoms with Gasteiger partial charge in [0.25, 0.3) is 0 Å². The van der Waals surface area contributed by atoms with Crippen molar-refractivity contribution in [1.82, 2.24) is 5.16 Å². The number of hydrogen-bond acceptors (Lipinski definition) is 3. The van der Waals surface area contributed by atoms with Crippen LogP contribution in [-0.4, -0.2) is 5.16 Å². The second-order valence-electron chi connectivity index (χ2n) is 5.58. The van der Waals surface area contributed by atoms with Crippen LogP contribution in [0.15, 0.2) is 28.8 Å². The van der Waals surface area contributed by atoms with Crippen LogP contribution in [0.5, 0.6) is 0 Å². The predicted molar refractivity (Wildman–Crippen MR) is 81.6 cm³/mol. The highest BCUT2D eigenvalue weighted by Gasteiger charge is 2.21. The number of rotatable bonds is 3. The fourth-order valence-electron chi connectivity index (χ4n) is 3.08. The molecule has 1 aromatic heterocycles. The quantitative estimate of drug-likeness (QED) is 0.891. The van der Waals surface area contributed by atoms with Crippen LogP contribution >= 0.6 is 11.6 Å². The smallest absolute Gasteiger partial charge is 0.175 e. The molecule has 0 saturated heterocycles. The van der Waals surface area contributed by atoms with Gasteiger partial charge in [0.2, 0.25) is 0 Å². The molecule has 4 heteroatoms. The normalized spacial score (nSPS) is 16.4. The van der Waals surface area contributed by atoms with Crippen molar-refractivity contribution in [2.75, 3.05) is 5.73 Å². The summed E-state index contributed by atoms with van der Waals surface area (Å²) in [7, 11) is 0. The molecule has 106 valence electrons. The Morgan fingerprint density at radius 3 is 2.80 bits per heavy atom. The third kappa shape index (κ3) is 2.83. The molecule has 0 atom stereocenters. The van der Waals surface area contributed by atoms with Crippen LogP contribution < -0.4 is 5.73 Å². The fourth-order valence-corrected chi connectivity index (χ4v) is 3.27. The number of hydrogen-bond donors (Lipinski definition) is 1. The molecule has 0 aliphatic heterocycles. The molecule has 0 bridgehead atoms. The van der Waals surface area contributed by atoms with Crippen LogP contribution in [-0.2, 0) is 6.42 Å². The molecule has 1 aliphatic rings. The van der Waals surface area contributed by atoms with Gasteiger partial charge in [0.15, 0.2) is 5.82 Å². The molecule has 2 N–H and O–H groups in total. The first kappa shape index (κ1) is 13.5. The Hall–Kier alpha value is -1.48. The molecule has 1 fully saturated rings. The van der Waals surface area contributed by atoms with E-state index in [0.717, 1.165) is 23.3 Å². The second kappa shape index (κ2) is 5.88. The van der Waals surface area contributed by atoms with Crippen molar-refractivity contribution >= 4 is 17.4 Å². The molecule has 0 spiro atoms. The SMILES string of the molecule is Nc1noc(CC2CCCCC2)c1-c1cccc(Cl)c1. The van der Waals surface area contributed by atoms with E-state index >= 15 is 0 Å². The lowest BCUT2D eigenvalue weighted by Gasteiger charge is -2.20. The average Bonchev–Trinajstić information content (AvgIpc) is 2.81. The summed E-state index contributed by atoms with van der Waals surface area (Å²) in [6, 6.07) is 7.69. The first-order valence-electron chi connectivity index (χ1n) is 7.24. The number of halogens is 1. The predicted octanol–water partition coefficient (Wildman–Crippen LogP) is 4.70. The van der Waals surface area contributed by atoms with E-state index in [1.807, 2.05) is 24.3 Å². The zero-order valence-corrected chi connectivity index (χ0v) is 12.2. The van der Waals surface area contributed by atoms with Gasteiger partial charge >= 0.3 is 0 Å². The number of nitrogen functional groups attached to an aromatic ring is 1. The summed E-state index contributed by atoms with van der Waals surface area (Å²) in [4.78, 5) is 0. The van der Waals surface area contributed by atoms with Gasteiger partial charge in [-0.3, -0.25) is 0 Å². The van der Waals surface area contributed by atoms with E-state index in [9.17, 15) is 0 Å². The summed E-state index contributed by atoms with van der Waals surface area (Å²) in [6.07, 6.45) is 7.47. The Kier molecular flexibility index (Phi) is 3.97. The minimum Gasteiger partial charge on any atom is -0.380 e. The molecule has 20 heavy (non-hydrogen) atoms. The van der Waals surface area contributed by atoms with Gasteiger partial charge in [0.1, 0.15) is 5.76 Å². The maximum Gasteiger partial charge on any atom is 0.175 e. The lowest BCUT2D eigenvalue weighted by atomic mass is 9.85. The molecule has 3 rings (SSSR count). The van der Waals surface area contributed by atoms with Gasteiger partial charge in [-0.15, -0.1) is 0 Å². The maximum atomic E-state index is 6.07. The summed E-state index contributed by atoms with van der Waals surface area (Å²) in [5.74, 6) is 2.05. The molecule has 1 aliphatic carbocycles. The van der Waals surface area contributed by atoms with E-state index in [4.69, 9.17) is 21.9 Å². The van der Waals surface area contributed by atoms with Crippen LogP contribution in [0, 0.1) is 5.92 Å². The number of benzene rings is 1. The van der Waals surface area contributed by atoms with Crippen molar-refractivity contribution in [1.29, 1.82) is 0 Å². The summed E-state index contributed by atoms with van der Waals surface area (Å²) < 4.78 is 5.47. The van der Waals surface area contributed by atoms with E-state index < -0.39 is 0 Å². The first-order valence-corrected chi connectivity index (χ1v) is 7.62. The van der Waals surface area contributed by atoms with Crippen LogP contribution in [0.25, 0.3) is 11.1 Å². The second-order valence-corrected chi connectivity index (χ2v) is 6.02. The minimum absolute atomic E-state index is 0.457. The largest absolute Gasteiger partial charge is 0.380 e. The molecular formula is C16H19ClN2O.